The molecule has 2 N–H and O–H groups in total. The molecule has 2 aromatic carbocycles. The number of nitrogens with one attached hydrogen (secondary N) is 2. The summed E-state index contributed by atoms with van der Waals surface area (Å²) in [5.41, 5.74) is 8.00. The van der Waals surface area contributed by atoms with Gasteiger partial charge < -0.3 is 15.5 Å². The number of ketones is 2. The van der Waals surface area contributed by atoms with Crippen molar-refractivity contribution in [3.63, 3.8) is 0 Å². The molecule has 0 unspecified atom stereocenters. The molecule has 2 aromatic rings. The van der Waals surface area contributed by atoms with Crippen LogP contribution >= 0.6 is 0 Å². The first-order chi connectivity index (χ1) is 25.4. The van der Waals surface area contributed by atoms with Crippen LogP contribution in [0.25, 0.3) is 5.57 Å². The Morgan fingerprint density at radius 1 is 0.692 bits per heavy atom. The lowest BCUT2D eigenvalue weighted by atomic mass is 9.69. The van der Waals surface area contributed by atoms with Gasteiger partial charge in [-0.15, -0.1) is 0 Å². The number of anilines is 3. The van der Waals surface area contributed by atoms with Crippen LogP contribution in [0, 0.1) is 0 Å². The van der Waals surface area contributed by atoms with Crippen LogP contribution in [0.3, 0.4) is 0 Å². The summed E-state index contributed by atoms with van der Waals surface area (Å²) in [5.74, 6) is -1.41. The highest BCUT2D eigenvalue weighted by atomic mass is 16.2. The first kappa shape index (κ1) is 36.5. The lowest BCUT2D eigenvalue weighted by molar-refractivity contribution is -0.130. The van der Waals surface area contributed by atoms with Crippen molar-refractivity contribution >= 4 is 46.0 Å². The molecule has 0 radical (unpaired) electrons. The molecule has 0 saturated heterocycles. The third-order valence-corrected chi connectivity index (χ3v) is 12.2. The molecule has 0 atom stereocenters. The standard InChI is InChI=1S/C44H58N4O4/c1-3-5-7-9-11-21-35(49)45-39-31-19-15-25-47-23-13-17-29(41(31)47)27-33(39)37-43(51)38(44(37)52)34-28-30-18-14-24-48-26-16-20-32(42(30)48)40(34)46-36(50)22-12-10-8-6-4-2/h27-28,37H,3-26H2,1-2H3,(H,45,49)/p+1. The fraction of sp³-hybridized carbons (Fsp3) is 0.614. The molecule has 5 aliphatic rings. The average Bonchev–Trinajstić information content (AvgIpc) is 3.14. The van der Waals surface area contributed by atoms with Crippen molar-refractivity contribution in [1.29, 1.82) is 0 Å². The number of hydrogen-bond acceptors (Lipinski definition) is 5. The molecule has 7 rings (SSSR count). The molecule has 1 aliphatic carbocycles. The number of amides is 2. The summed E-state index contributed by atoms with van der Waals surface area (Å²) in [5, 5.41) is 8.33. The minimum atomic E-state index is -0.945. The second-order valence-electron chi connectivity index (χ2n) is 16.0. The molecule has 1 saturated carbocycles. The monoisotopic (exact) mass is 707 g/mol. The number of aryl methyl sites for hydroxylation is 2. The van der Waals surface area contributed by atoms with Crippen LogP contribution in [0.4, 0.5) is 17.1 Å². The predicted molar refractivity (Wildman–Crippen MR) is 209 cm³/mol. The highest BCUT2D eigenvalue weighted by molar-refractivity contribution is 6.59. The lowest BCUT2D eigenvalue weighted by Gasteiger charge is -2.40. The van der Waals surface area contributed by atoms with E-state index >= 15 is 0 Å². The van der Waals surface area contributed by atoms with E-state index in [0.717, 1.165) is 140 Å². The van der Waals surface area contributed by atoms with Gasteiger partial charge in [0.2, 0.25) is 17.2 Å². The van der Waals surface area contributed by atoms with Crippen LogP contribution in [0.2, 0.25) is 0 Å². The minimum Gasteiger partial charge on any atom is -0.371 e. The number of benzene rings is 2. The normalized spacial score (nSPS) is 18.9. The van der Waals surface area contributed by atoms with Crippen molar-refractivity contribution in [1.82, 2.24) is 4.58 Å². The number of carbonyl (C=O) groups is 4. The van der Waals surface area contributed by atoms with Gasteiger partial charge in [-0.2, -0.15) is 0 Å². The van der Waals surface area contributed by atoms with E-state index in [4.69, 9.17) is 0 Å². The topological polar surface area (TPSA) is 98.6 Å². The maximum atomic E-state index is 14.6. The fourth-order valence-electron chi connectivity index (χ4n) is 9.64. The lowest BCUT2D eigenvalue weighted by Crippen LogP contribution is -2.48. The summed E-state index contributed by atoms with van der Waals surface area (Å²) in [6.45, 7) is 8.35. The summed E-state index contributed by atoms with van der Waals surface area (Å²) in [4.78, 5) is 58.6. The third-order valence-electron chi connectivity index (χ3n) is 12.2. The Bertz CT molecular complexity index is 1850. The first-order valence-electron chi connectivity index (χ1n) is 20.8. The Balaban J connectivity index is 1.27. The summed E-state index contributed by atoms with van der Waals surface area (Å²) < 4.78 is 2.43. The third kappa shape index (κ3) is 7.23. The molecular weight excluding hydrogens is 649 g/mol. The summed E-state index contributed by atoms with van der Waals surface area (Å²) in [6.07, 6.45) is 19.0. The van der Waals surface area contributed by atoms with E-state index in [2.05, 4.69) is 40.0 Å². The van der Waals surface area contributed by atoms with Crippen molar-refractivity contribution in [3.8, 4) is 0 Å². The Kier molecular flexibility index (Phi) is 11.6. The van der Waals surface area contributed by atoms with Crippen molar-refractivity contribution in [2.75, 3.05) is 41.7 Å². The zero-order valence-electron chi connectivity index (χ0n) is 31.7. The predicted octanol–water partition coefficient (Wildman–Crippen LogP) is 6.45. The molecule has 52 heavy (non-hydrogen) atoms. The van der Waals surface area contributed by atoms with Gasteiger partial charge in [0, 0.05) is 60.8 Å². The highest BCUT2D eigenvalue weighted by Gasteiger charge is 2.48. The molecule has 4 aliphatic heterocycles. The molecule has 0 aromatic heterocycles. The Labute approximate surface area is 309 Å². The molecule has 4 heterocycles. The van der Waals surface area contributed by atoms with Crippen LogP contribution in [-0.2, 0) is 44.9 Å². The SMILES string of the molecule is CCCCCCCC(=O)Nc1c(C2C(=O)C(=c3cc4c5c(c3NC(=O)CCCCCCC)CCC[N+]=5CCC4)C2=O)cc2c3c1CCCN3CCC2. The zero-order chi connectivity index (χ0) is 36.2. The number of Topliss-reactive ketones (excluding diaryl/α,β-unsaturated/α-hetero) is 2. The van der Waals surface area contributed by atoms with Crippen molar-refractivity contribution in [2.45, 2.75) is 148 Å². The van der Waals surface area contributed by atoms with Crippen LogP contribution in [0.15, 0.2) is 12.1 Å². The van der Waals surface area contributed by atoms with Crippen LogP contribution < -0.4 is 30.7 Å². The van der Waals surface area contributed by atoms with Gasteiger partial charge in [0.05, 0.1) is 16.9 Å². The quantitative estimate of drug-likeness (QED) is 0.126. The summed E-state index contributed by atoms with van der Waals surface area (Å²) in [6, 6.07) is 4.12. The molecule has 278 valence electrons. The van der Waals surface area contributed by atoms with Gasteiger partial charge in [0.25, 0.3) is 0 Å². The van der Waals surface area contributed by atoms with Gasteiger partial charge in [-0.05, 0) is 74.1 Å². The van der Waals surface area contributed by atoms with Gasteiger partial charge in [-0.25, -0.2) is 4.58 Å². The van der Waals surface area contributed by atoms with Gasteiger partial charge in [0.15, 0.2) is 11.6 Å². The van der Waals surface area contributed by atoms with E-state index in [-0.39, 0.29) is 29.0 Å². The Morgan fingerprint density at radius 3 is 1.94 bits per heavy atom. The summed E-state index contributed by atoms with van der Waals surface area (Å²) in [7, 11) is 0. The van der Waals surface area contributed by atoms with E-state index in [1.54, 1.807) is 0 Å². The zero-order valence-corrected chi connectivity index (χ0v) is 31.7. The minimum absolute atomic E-state index is 0.0386. The Hall–Kier alpha value is -3.81. The maximum Gasteiger partial charge on any atom is 0.224 e. The highest BCUT2D eigenvalue weighted by Crippen LogP contribution is 2.47. The molecular formula is C44H59N4O4+. The van der Waals surface area contributed by atoms with E-state index in [9.17, 15) is 19.2 Å². The van der Waals surface area contributed by atoms with Crippen LogP contribution in [-0.4, -0.2) is 49.6 Å². The number of hydrogen-bond donors (Lipinski definition) is 2. The number of carbonyl (C=O) groups excluding carboxylic acids is 4. The second-order valence-corrected chi connectivity index (χ2v) is 16.0. The van der Waals surface area contributed by atoms with Crippen molar-refractivity contribution in [2.24, 2.45) is 0 Å². The average molecular weight is 708 g/mol. The molecule has 8 heteroatoms. The van der Waals surface area contributed by atoms with E-state index < -0.39 is 5.92 Å². The summed E-state index contributed by atoms with van der Waals surface area (Å²) >= 11 is 0. The number of nitrogens with zero attached hydrogens (tertiary/aromatic N) is 2. The van der Waals surface area contributed by atoms with Crippen LogP contribution in [0.5, 0.6) is 0 Å². The van der Waals surface area contributed by atoms with Crippen molar-refractivity contribution < 1.29 is 19.2 Å². The maximum absolute atomic E-state index is 14.6. The smallest absolute Gasteiger partial charge is 0.224 e. The van der Waals surface area contributed by atoms with Gasteiger partial charge in [-0.3, -0.25) is 19.2 Å². The Morgan fingerprint density at radius 2 is 1.27 bits per heavy atom. The van der Waals surface area contributed by atoms with Crippen molar-refractivity contribution in [3.05, 3.63) is 50.5 Å². The van der Waals surface area contributed by atoms with Gasteiger partial charge >= 0.3 is 0 Å². The fourth-order valence-corrected chi connectivity index (χ4v) is 9.64. The van der Waals surface area contributed by atoms with E-state index in [0.29, 0.717) is 35.0 Å². The molecule has 8 nitrogen and oxygen atoms in total. The molecule has 1 fully saturated rings. The van der Waals surface area contributed by atoms with E-state index in [1.165, 1.54) is 35.0 Å². The number of unbranched alkanes of at least 4 members (excludes halogenated alkanes) is 8. The molecule has 0 spiro atoms. The molecule has 2 amide bonds. The molecule has 0 bridgehead atoms. The number of rotatable bonds is 15. The largest absolute Gasteiger partial charge is 0.371 e. The van der Waals surface area contributed by atoms with E-state index in [1.807, 2.05) is 6.07 Å². The second kappa shape index (κ2) is 16.5. The first-order valence-corrected chi connectivity index (χ1v) is 20.8. The van der Waals surface area contributed by atoms with Gasteiger partial charge in [0.1, 0.15) is 19.0 Å². The van der Waals surface area contributed by atoms with Gasteiger partial charge in [-0.1, -0.05) is 71.3 Å². The van der Waals surface area contributed by atoms with Crippen LogP contribution in [0.1, 0.15) is 150 Å².